The average Bonchev–Trinajstić information content (AvgIpc) is 3.27. The van der Waals surface area contributed by atoms with Gasteiger partial charge in [0.05, 0.1) is 16.1 Å². The SMILES string of the molecule is CCC(c1ccccc1)N1Cc2cc3c(cc2C[C@H]1C(=O)N[C@@H](Cc1ccc(-c2ccnc(C)c2C)cc1)C(=O)O)OC[C@H](c1ccc(OCc2ccc(Cl)c(Cl)c2)cc1)O3. The van der Waals surface area contributed by atoms with Crippen LogP contribution in [0, 0.1) is 13.8 Å². The van der Waals surface area contributed by atoms with Gasteiger partial charge in [-0.3, -0.25) is 14.7 Å². The van der Waals surface area contributed by atoms with E-state index in [1.807, 2.05) is 105 Å². The highest BCUT2D eigenvalue weighted by Crippen LogP contribution is 2.43. The van der Waals surface area contributed by atoms with E-state index in [9.17, 15) is 14.7 Å². The number of aromatic nitrogens is 1. The van der Waals surface area contributed by atoms with E-state index in [0.29, 0.717) is 53.5 Å². The van der Waals surface area contributed by atoms with Crippen LogP contribution in [0.1, 0.15) is 70.1 Å². The van der Waals surface area contributed by atoms with E-state index in [0.717, 1.165) is 62.2 Å². The fourth-order valence-electron chi connectivity index (χ4n) is 8.30. The first-order chi connectivity index (χ1) is 29.5. The summed E-state index contributed by atoms with van der Waals surface area (Å²) in [5.74, 6) is 0.542. The Hall–Kier alpha value is -5.87. The first kappa shape index (κ1) is 41.8. The van der Waals surface area contributed by atoms with Crippen LogP contribution in [-0.2, 0) is 35.6 Å². The van der Waals surface area contributed by atoms with E-state index < -0.39 is 18.1 Å². The molecule has 312 valence electrons. The molecule has 3 heterocycles. The number of halogens is 2. The number of rotatable bonds is 13. The van der Waals surface area contributed by atoms with E-state index in [4.69, 9.17) is 37.4 Å². The molecule has 1 amide bonds. The minimum absolute atomic E-state index is 0.0976. The van der Waals surface area contributed by atoms with Gasteiger partial charge < -0.3 is 24.6 Å². The van der Waals surface area contributed by atoms with E-state index in [2.05, 4.69) is 34.3 Å². The van der Waals surface area contributed by atoms with Crippen LogP contribution in [0.4, 0.5) is 0 Å². The number of amides is 1. The second-order valence-corrected chi connectivity index (χ2v) is 16.5. The molecular formula is C50H47Cl2N3O6. The highest BCUT2D eigenvalue weighted by molar-refractivity contribution is 6.42. The summed E-state index contributed by atoms with van der Waals surface area (Å²) in [4.78, 5) is 33.7. The molecule has 0 bridgehead atoms. The van der Waals surface area contributed by atoms with Crippen LogP contribution in [0.25, 0.3) is 11.1 Å². The molecule has 0 saturated heterocycles. The van der Waals surface area contributed by atoms with Crippen molar-refractivity contribution in [1.29, 1.82) is 0 Å². The molecule has 2 N–H and O–H groups in total. The number of benzene rings is 5. The largest absolute Gasteiger partial charge is 0.489 e. The number of carboxylic acids is 1. The number of aliphatic carboxylic acids is 1. The molecule has 0 fully saturated rings. The maximum atomic E-state index is 14.4. The molecule has 5 aromatic carbocycles. The third-order valence-electron chi connectivity index (χ3n) is 11.8. The van der Waals surface area contributed by atoms with Crippen molar-refractivity contribution >= 4 is 35.1 Å². The van der Waals surface area contributed by atoms with Crippen LogP contribution < -0.4 is 19.5 Å². The summed E-state index contributed by atoms with van der Waals surface area (Å²) in [6, 6.07) is 35.3. The van der Waals surface area contributed by atoms with Gasteiger partial charge in [0.2, 0.25) is 5.91 Å². The Morgan fingerprint density at radius 2 is 1.62 bits per heavy atom. The van der Waals surface area contributed by atoms with Gasteiger partial charge in [0.1, 0.15) is 25.0 Å². The Morgan fingerprint density at radius 3 is 2.34 bits per heavy atom. The summed E-state index contributed by atoms with van der Waals surface area (Å²) >= 11 is 12.2. The number of carbonyl (C=O) groups is 2. The molecule has 0 radical (unpaired) electrons. The lowest BCUT2D eigenvalue weighted by atomic mass is 9.89. The summed E-state index contributed by atoms with van der Waals surface area (Å²) in [5, 5.41) is 14.3. The molecular weight excluding hydrogens is 809 g/mol. The van der Waals surface area contributed by atoms with Crippen LogP contribution in [0.15, 0.2) is 121 Å². The lowest BCUT2D eigenvalue weighted by Gasteiger charge is -2.42. The molecule has 61 heavy (non-hydrogen) atoms. The molecule has 9 nitrogen and oxygen atoms in total. The van der Waals surface area contributed by atoms with Crippen molar-refractivity contribution in [3.63, 3.8) is 0 Å². The second kappa shape index (κ2) is 18.4. The third-order valence-corrected chi connectivity index (χ3v) is 12.5. The predicted octanol–water partition coefficient (Wildman–Crippen LogP) is 10.5. The highest BCUT2D eigenvalue weighted by Gasteiger charge is 2.39. The van der Waals surface area contributed by atoms with Gasteiger partial charge in [0.15, 0.2) is 17.6 Å². The molecule has 2 aliphatic rings. The number of pyridine rings is 1. The number of nitrogens with zero attached hydrogens (tertiary/aromatic N) is 2. The van der Waals surface area contributed by atoms with Gasteiger partial charge in [0, 0.05) is 30.9 Å². The van der Waals surface area contributed by atoms with Crippen molar-refractivity contribution in [1.82, 2.24) is 15.2 Å². The molecule has 11 heteroatoms. The summed E-state index contributed by atoms with van der Waals surface area (Å²) in [6.07, 6.45) is 2.72. The number of carboxylic acid groups (broad SMARTS) is 1. The van der Waals surface area contributed by atoms with E-state index in [-0.39, 0.29) is 24.5 Å². The summed E-state index contributed by atoms with van der Waals surface area (Å²) in [5.41, 5.74) is 9.92. The molecule has 6 aromatic rings. The Morgan fingerprint density at radius 1 is 0.885 bits per heavy atom. The van der Waals surface area contributed by atoms with Crippen molar-refractivity contribution in [3.8, 4) is 28.4 Å². The number of fused-ring (bicyclic) bond motifs is 2. The quantitative estimate of drug-likeness (QED) is 0.118. The normalized spacial score (nSPS) is 16.9. The number of nitrogens with one attached hydrogen (secondary N) is 1. The zero-order valence-electron chi connectivity index (χ0n) is 34.2. The number of aryl methyl sites for hydroxylation is 1. The Kier molecular flexibility index (Phi) is 12.6. The van der Waals surface area contributed by atoms with Gasteiger partial charge in [-0.05, 0) is 119 Å². The lowest BCUT2D eigenvalue weighted by Crippen LogP contribution is -2.55. The van der Waals surface area contributed by atoms with Gasteiger partial charge >= 0.3 is 5.97 Å². The van der Waals surface area contributed by atoms with Crippen molar-refractivity contribution < 1.29 is 28.9 Å². The predicted molar refractivity (Wildman–Crippen MR) is 237 cm³/mol. The van der Waals surface area contributed by atoms with E-state index in [1.54, 1.807) is 18.3 Å². The van der Waals surface area contributed by atoms with Crippen molar-refractivity contribution in [3.05, 3.63) is 176 Å². The molecule has 0 spiro atoms. The Labute approximate surface area is 366 Å². The van der Waals surface area contributed by atoms with Gasteiger partial charge in [0.25, 0.3) is 0 Å². The fraction of sp³-hybridized carbons (Fsp3) is 0.260. The van der Waals surface area contributed by atoms with Crippen molar-refractivity contribution in [2.75, 3.05) is 6.61 Å². The van der Waals surface area contributed by atoms with Gasteiger partial charge in [-0.1, -0.05) is 103 Å². The second-order valence-electron chi connectivity index (χ2n) is 15.7. The van der Waals surface area contributed by atoms with Crippen LogP contribution in [0.3, 0.4) is 0 Å². The summed E-state index contributed by atoms with van der Waals surface area (Å²) in [7, 11) is 0. The van der Waals surface area contributed by atoms with Crippen LogP contribution in [0.2, 0.25) is 10.0 Å². The number of hydrogen-bond acceptors (Lipinski definition) is 7. The third kappa shape index (κ3) is 9.39. The van der Waals surface area contributed by atoms with Crippen molar-refractivity contribution in [2.45, 2.75) is 77.4 Å². The van der Waals surface area contributed by atoms with E-state index >= 15 is 0 Å². The first-order valence-electron chi connectivity index (χ1n) is 20.5. The van der Waals surface area contributed by atoms with Gasteiger partial charge in [-0.25, -0.2) is 4.79 Å². The molecule has 1 aromatic heterocycles. The molecule has 1 unspecified atom stereocenters. The first-order valence-corrected chi connectivity index (χ1v) is 21.3. The Balaban J connectivity index is 0.993. The number of carbonyl (C=O) groups excluding carboxylic acids is 1. The molecule has 4 atom stereocenters. The van der Waals surface area contributed by atoms with Gasteiger partial charge in [-0.15, -0.1) is 0 Å². The Bertz CT molecular complexity index is 2530. The number of ether oxygens (including phenoxy) is 3. The molecule has 0 aliphatic carbocycles. The standard InChI is InChI=1S/C50H47Cl2N3O6/c1-4-44(35-8-6-5-7-9-35)55-27-38-26-47-46(60-29-48(61-47)36-15-17-39(18-16-36)59-28-33-12-19-41(51)42(52)22-33)25-37(38)24-45(55)49(56)54-43(50(57)58)23-32-10-13-34(14-11-32)40-20-21-53-31(3)30(40)2/h5-22,25-26,43-45,48H,4,23-24,27-29H2,1-3H3,(H,54,56)(H,57,58)/t43-,44?,45-,48+/m0/s1. The van der Waals surface area contributed by atoms with Crippen LogP contribution in [-0.4, -0.2) is 45.6 Å². The minimum atomic E-state index is -1.12. The van der Waals surface area contributed by atoms with Crippen LogP contribution >= 0.6 is 23.2 Å². The zero-order chi connectivity index (χ0) is 42.6. The maximum Gasteiger partial charge on any atom is 0.326 e. The summed E-state index contributed by atoms with van der Waals surface area (Å²) in [6.45, 7) is 7.25. The maximum absolute atomic E-state index is 14.4. The topological polar surface area (TPSA) is 110 Å². The van der Waals surface area contributed by atoms with Gasteiger partial charge in [-0.2, -0.15) is 0 Å². The highest BCUT2D eigenvalue weighted by atomic mass is 35.5. The molecule has 8 rings (SSSR count). The monoisotopic (exact) mass is 855 g/mol. The summed E-state index contributed by atoms with van der Waals surface area (Å²) < 4.78 is 18.9. The van der Waals surface area contributed by atoms with E-state index in [1.165, 1.54) is 0 Å². The van der Waals surface area contributed by atoms with Crippen molar-refractivity contribution in [2.24, 2.45) is 0 Å². The average molecular weight is 857 g/mol. The zero-order valence-corrected chi connectivity index (χ0v) is 35.7. The smallest absolute Gasteiger partial charge is 0.326 e. The number of hydrogen-bond donors (Lipinski definition) is 2. The lowest BCUT2D eigenvalue weighted by molar-refractivity contribution is -0.143. The molecule has 2 aliphatic heterocycles. The molecule has 0 saturated carbocycles. The minimum Gasteiger partial charge on any atom is -0.489 e. The van der Waals surface area contributed by atoms with Crippen LogP contribution in [0.5, 0.6) is 17.2 Å². The fourth-order valence-corrected chi connectivity index (χ4v) is 8.62.